The maximum absolute atomic E-state index is 2.63. The second-order valence-corrected chi connectivity index (χ2v) is 7.41. The quantitative estimate of drug-likeness (QED) is 0.624. The van der Waals surface area contributed by atoms with Crippen LogP contribution < -0.4 is 0 Å². The SMILES string of the molecule is CC(C)CC1(C)C2CC3CC(C2)CC1C3. The minimum Gasteiger partial charge on any atom is -0.0628 e. The van der Waals surface area contributed by atoms with Gasteiger partial charge in [0.2, 0.25) is 0 Å². The lowest BCUT2D eigenvalue weighted by molar-refractivity contribution is -0.108. The lowest BCUT2D eigenvalue weighted by atomic mass is 9.44. The summed E-state index contributed by atoms with van der Waals surface area (Å²) >= 11 is 0. The smallest absolute Gasteiger partial charge is 0.0266 e. The molecule has 0 N–H and O–H groups in total. The van der Waals surface area contributed by atoms with E-state index in [1.165, 1.54) is 6.42 Å². The summed E-state index contributed by atoms with van der Waals surface area (Å²) in [5, 5.41) is 0. The predicted octanol–water partition coefficient (Wildman–Crippen LogP) is 4.49. The van der Waals surface area contributed by atoms with Gasteiger partial charge in [-0.3, -0.25) is 0 Å². The molecule has 4 saturated carbocycles. The third kappa shape index (κ3) is 1.47. The van der Waals surface area contributed by atoms with E-state index in [2.05, 4.69) is 20.8 Å². The molecule has 0 atom stereocenters. The van der Waals surface area contributed by atoms with Crippen molar-refractivity contribution in [3.63, 3.8) is 0 Å². The van der Waals surface area contributed by atoms with E-state index >= 15 is 0 Å². The van der Waals surface area contributed by atoms with E-state index in [0.29, 0.717) is 0 Å². The normalized spacial score (nSPS) is 52.8. The van der Waals surface area contributed by atoms with Crippen LogP contribution >= 0.6 is 0 Å². The van der Waals surface area contributed by atoms with E-state index in [4.69, 9.17) is 0 Å². The Kier molecular flexibility index (Phi) is 2.20. The van der Waals surface area contributed by atoms with Crippen molar-refractivity contribution < 1.29 is 0 Å². The van der Waals surface area contributed by atoms with Gasteiger partial charge >= 0.3 is 0 Å². The summed E-state index contributed by atoms with van der Waals surface area (Å²) in [4.78, 5) is 0. The van der Waals surface area contributed by atoms with Gasteiger partial charge in [-0.1, -0.05) is 20.8 Å². The zero-order chi connectivity index (χ0) is 10.6. The van der Waals surface area contributed by atoms with Gasteiger partial charge in [0.05, 0.1) is 0 Å². The van der Waals surface area contributed by atoms with E-state index < -0.39 is 0 Å². The van der Waals surface area contributed by atoms with E-state index in [-0.39, 0.29) is 0 Å². The molecule has 15 heavy (non-hydrogen) atoms. The number of hydrogen-bond donors (Lipinski definition) is 0. The highest BCUT2D eigenvalue weighted by Gasteiger charge is 2.54. The van der Waals surface area contributed by atoms with Gasteiger partial charge in [-0.15, -0.1) is 0 Å². The van der Waals surface area contributed by atoms with Crippen molar-refractivity contribution in [2.45, 2.75) is 59.3 Å². The monoisotopic (exact) mass is 206 g/mol. The molecular formula is C15H26. The second-order valence-electron chi connectivity index (χ2n) is 7.41. The molecule has 0 aliphatic heterocycles. The molecular weight excluding hydrogens is 180 g/mol. The molecule has 0 aromatic carbocycles. The fourth-order valence-corrected chi connectivity index (χ4v) is 5.47. The Morgan fingerprint density at radius 3 is 1.80 bits per heavy atom. The van der Waals surface area contributed by atoms with Gasteiger partial charge in [-0.25, -0.2) is 0 Å². The summed E-state index contributed by atoms with van der Waals surface area (Å²) in [5.74, 6) is 5.35. The molecule has 0 heteroatoms. The fraction of sp³-hybridized carbons (Fsp3) is 1.00. The van der Waals surface area contributed by atoms with Gasteiger partial charge in [0.1, 0.15) is 0 Å². The van der Waals surface area contributed by atoms with Gasteiger partial charge in [-0.2, -0.15) is 0 Å². The molecule has 0 aromatic heterocycles. The van der Waals surface area contributed by atoms with E-state index in [1.54, 1.807) is 32.1 Å². The fourth-order valence-electron chi connectivity index (χ4n) is 5.47. The van der Waals surface area contributed by atoms with Gasteiger partial charge in [0.15, 0.2) is 0 Å². The van der Waals surface area contributed by atoms with Crippen LogP contribution in [-0.2, 0) is 0 Å². The van der Waals surface area contributed by atoms with Crippen LogP contribution in [0.4, 0.5) is 0 Å². The van der Waals surface area contributed by atoms with Crippen LogP contribution in [0.3, 0.4) is 0 Å². The lowest BCUT2D eigenvalue weighted by Crippen LogP contribution is -2.51. The second kappa shape index (κ2) is 3.25. The average molecular weight is 206 g/mol. The molecule has 4 aliphatic carbocycles. The van der Waals surface area contributed by atoms with Crippen molar-refractivity contribution in [1.82, 2.24) is 0 Å². The minimum absolute atomic E-state index is 0.724. The van der Waals surface area contributed by atoms with Gasteiger partial charge < -0.3 is 0 Å². The van der Waals surface area contributed by atoms with Crippen molar-refractivity contribution in [3.8, 4) is 0 Å². The molecule has 0 radical (unpaired) electrons. The van der Waals surface area contributed by atoms with Crippen LogP contribution in [0.25, 0.3) is 0 Å². The first-order valence-corrected chi connectivity index (χ1v) is 7.08. The molecule has 0 unspecified atom stereocenters. The Bertz CT molecular complexity index is 223. The van der Waals surface area contributed by atoms with Crippen molar-refractivity contribution in [1.29, 1.82) is 0 Å². The Morgan fingerprint density at radius 1 is 0.933 bits per heavy atom. The highest BCUT2D eigenvalue weighted by atomic mass is 14.6. The maximum Gasteiger partial charge on any atom is -0.0266 e. The van der Waals surface area contributed by atoms with E-state index in [0.717, 1.165) is 35.0 Å². The van der Waals surface area contributed by atoms with Crippen LogP contribution in [0.15, 0.2) is 0 Å². The summed E-state index contributed by atoms with van der Waals surface area (Å²) in [6.45, 7) is 7.45. The van der Waals surface area contributed by atoms with Gasteiger partial charge in [0.25, 0.3) is 0 Å². The first-order valence-electron chi connectivity index (χ1n) is 7.08. The Balaban J connectivity index is 1.84. The summed E-state index contributed by atoms with van der Waals surface area (Å²) in [7, 11) is 0. The van der Waals surface area contributed by atoms with E-state index in [9.17, 15) is 0 Å². The minimum atomic E-state index is 0.724. The highest BCUT2D eigenvalue weighted by Crippen LogP contribution is 2.63. The van der Waals surface area contributed by atoms with Gasteiger partial charge in [0, 0.05) is 0 Å². The lowest BCUT2D eigenvalue weighted by Gasteiger charge is -2.61. The van der Waals surface area contributed by atoms with Crippen molar-refractivity contribution >= 4 is 0 Å². The zero-order valence-corrected chi connectivity index (χ0v) is 10.6. The molecule has 0 spiro atoms. The molecule has 4 bridgehead atoms. The summed E-state index contributed by atoms with van der Waals surface area (Å²) in [5.41, 5.74) is 0.724. The molecule has 0 saturated heterocycles. The number of rotatable bonds is 2. The van der Waals surface area contributed by atoms with E-state index in [1.807, 2.05) is 0 Å². The van der Waals surface area contributed by atoms with Crippen LogP contribution in [0, 0.1) is 35.0 Å². The van der Waals surface area contributed by atoms with Crippen molar-refractivity contribution in [2.75, 3.05) is 0 Å². The Morgan fingerprint density at radius 2 is 1.40 bits per heavy atom. The third-order valence-electron chi connectivity index (χ3n) is 5.85. The molecule has 86 valence electrons. The first kappa shape index (κ1) is 10.2. The highest BCUT2D eigenvalue weighted by molar-refractivity contribution is 5.04. The molecule has 0 nitrogen and oxygen atoms in total. The molecule has 4 rings (SSSR count). The van der Waals surface area contributed by atoms with Crippen LogP contribution in [0.5, 0.6) is 0 Å². The summed E-state index contributed by atoms with van der Waals surface area (Å²) < 4.78 is 0. The summed E-state index contributed by atoms with van der Waals surface area (Å²) in [6, 6.07) is 0. The first-order chi connectivity index (χ1) is 7.08. The third-order valence-corrected chi connectivity index (χ3v) is 5.85. The number of hydrogen-bond acceptors (Lipinski definition) is 0. The summed E-state index contributed by atoms with van der Waals surface area (Å²) in [6.07, 6.45) is 9.39. The molecule has 0 aromatic rings. The van der Waals surface area contributed by atoms with Crippen LogP contribution in [0.2, 0.25) is 0 Å². The Hall–Kier alpha value is 0. The van der Waals surface area contributed by atoms with Crippen molar-refractivity contribution in [3.05, 3.63) is 0 Å². The molecule has 0 amide bonds. The molecule has 4 fully saturated rings. The van der Waals surface area contributed by atoms with Crippen molar-refractivity contribution in [2.24, 2.45) is 35.0 Å². The average Bonchev–Trinajstić information content (AvgIpc) is 2.12. The largest absolute Gasteiger partial charge is 0.0628 e. The van der Waals surface area contributed by atoms with Crippen LogP contribution in [0.1, 0.15) is 59.3 Å². The maximum atomic E-state index is 2.63. The van der Waals surface area contributed by atoms with Gasteiger partial charge in [-0.05, 0) is 73.5 Å². The predicted molar refractivity (Wildman–Crippen MR) is 64.6 cm³/mol. The molecule has 0 heterocycles. The van der Waals surface area contributed by atoms with Crippen LogP contribution in [-0.4, -0.2) is 0 Å². The Labute approximate surface area is 94.8 Å². The topological polar surface area (TPSA) is 0 Å². The zero-order valence-electron chi connectivity index (χ0n) is 10.6. The molecule has 4 aliphatic rings. The standard InChI is InChI=1S/C15H26/c1-10(2)9-15(3)13-5-11-4-12(7-13)8-14(15)6-11/h10-14H,4-9H2,1-3H3.